The van der Waals surface area contributed by atoms with Gasteiger partial charge in [0.05, 0.1) is 12.2 Å². The van der Waals surface area contributed by atoms with Gasteiger partial charge in [-0.2, -0.15) is 0 Å². The van der Waals surface area contributed by atoms with Gasteiger partial charge in [0.15, 0.2) is 0 Å². The fourth-order valence-electron chi connectivity index (χ4n) is 3.96. The van der Waals surface area contributed by atoms with E-state index in [-0.39, 0.29) is 6.09 Å². The average Bonchev–Trinajstić information content (AvgIpc) is 3.14. The van der Waals surface area contributed by atoms with E-state index in [1.807, 2.05) is 32.9 Å². The average molecular weight is 410 g/mol. The molecule has 7 heteroatoms. The van der Waals surface area contributed by atoms with E-state index in [1.165, 1.54) is 12.8 Å². The van der Waals surface area contributed by atoms with Crippen LogP contribution in [-0.4, -0.2) is 65.8 Å². The number of nitrogens with zero attached hydrogens (tertiary/aromatic N) is 3. The van der Waals surface area contributed by atoms with Gasteiger partial charge >= 0.3 is 6.09 Å². The van der Waals surface area contributed by atoms with Crippen molar-refractivity contribution in [2.45, 2.75) is 57.7 Å². The molecule has 0 bridgehead atoms. The van der Waals surface area contributed by atoms with Gasteiger partial charge in [0.2, 0.25) is 0 Å². The van der Waals surface area contributed by atoms with Crippen molar-refractivity contribution in [1.82, 2.24) is 14.8 Å². The van der Waals surface area contributed by atoms with Gasteiger partial charge in [-0.15, -0.1) is 0 Å². The van der Waals surface area contributed by atoms with Gasteiger partial charge in [0.1, 0.15) is 10.8 Å². The number of halogens is 1. The van der Waals surface area contributed by atoms with E-state index >= 15 is 0 Å². The fourth-order valence-corrected chi connectivity index (χ4v) is 4.13. The van der Waals surface area contributed by atoms with E-state index in [4.69, 9.17) is 21.1 Å². The highest BCUT2D eigenvalue weighted by atomic mass is 35.5. The lowest BCUT2D eigenvalue weighted by molar-refractivity contribution is -0.0936. The van der Waals surface area contributed by atoms with Gasteiger partial charge in [-0.05, 0) is 77.2 Å². The minimum atomic E-state index is -0.490. The van der Waals surface area contributed by atoms with Crippen LogP contribution in [0.3, 0.4) is 0 Å². The number of hydrogen-bond acceptors (Lipinski definition) is 5. The summed E-state index contributed by atoms with van der Waals surface area (Å²) in [6.07, 6.45) is 5.44. The van der Waals surface area contributed by atoms with Crippen LogP contribution in [0.5, 0.6) is 0 Å². The Balaban J connectivity index is 1.67. The Morgan fingerprint density at radius 1 is 1.21 bits per heavy atom. The highest BCUT2D eigenvalue weighted by molar-refractivity contribution is 6.29. The number of hydrogen-bond donors (Lipinski definition) is 0. The van der Waals surface area contributed by atoms with Gasteiger partial charge in [0, 0.05) is 25.8 Å². The summed E-state index contributed by atoms with van der Waals surface area (Å²) >= 11 is 6.16. The van der Waals surface area contributed by atoms with Gasteiger partial charge in [-0.25, -0.2) is 9.78 Å². The minimum Gasteiger partial charge on any atom is -0.444 e. The number of pyridine rings is 1. The molecule has 0 N–H and O–H groups in total. The number of ether oxygens (including phenoxy) is 2. The predicted octanol–water partition coefficient (Wildman–Crippen LogP) is 4.07. The van der Waals surface area contributed by atoms with E-state index in [2.05, 4.69) is 9.88 Å². The van der Waals surface area contributed by atoms with E-state index < -0.39 is 11.2 Å². The molecule has 1 aromatic heterocycles. The molecule has 28 heavy (non-hydrogen) atoms. The molecule has 3 rings (SSSR count). The maximum absolute atomic E-state index is 12.4. The maximum Gasteiger partial charge on any atom is 0.410 e. The molecule has 0 spiro atoms. The summed E-state index contributed by atoms with van der Waals surface area (Å²) in [5.74, 6) is 0. The van der Waals surface area contributed by atoms with E-state index in [1.54, 1.807) is 11.1 Å². The first kappa shape index (κ1) is 21.3. The van der Waals surface area contributed by atoms with Crippen LogP contribution in [-0.2, 0) is 15.1 Å². The normalized spacial score (nSPS) is 20.4. The molecule has 6 nitrogen and oxygen atoms in total. The summed E-state index contributed by atoms with van der Waals surface area (Å²) < 4.78 is 12.0. The summed E-state index contributed by atoms with van der Waals surface area (Å²) in [6.45, 7) is 10.8. The Hall–Kier alpha value is -1.37. The largest absolute Gasteiger partial charge is 0.444 e. The van der Waals surface area contributed by atoms with E-state index in [9.17, 15) is 4.79 Å². The van der Waals surface area contributed by atoms with Gasteiger partial charge in [-0.3, -0.25) is 0 Å². The SMILES string of the molecule is CC(C)(C)OC(=O)N1CCC(OCCN2CCCC2)(c2ccnc(Cl)c2)CC1. The van der Waals surface area contributed by atoms with Crippen LogP contribution >= 0.6 is 11.6 Å². The number of likely N-dealkylation sites (tertiary alicyclic amines) is 2. The van der Waals surface area contributed by atoms with Crippen LogP contribution < -0.4 is 0 Å². The number of carbonyl (C=O) groups excluding carboxylic acids is 1. The van der Waals surface area contributed by atoms with Gasteiger partial charge in [0.25, 0.3) is 0 Å². The first-order valence-corrected chi connectivity index (χ1v) is 10.6. The second kappa shape index (κ2) is 8.97. The Labute approximate surface area is 173 Å². The van der Waals surface area contributed by atoms with Crippen molar-refractivity contribution in [3.63, 3.8) is 0 Å². The zero-order valence-corrected chi connectivity index (χ0v) is 18.0. The summed E-state index contributed by atoms with van der Waals surface area (Å²) in [5, 5.41) is 0.467. The lowest BCUT2D eigenvalue weighted by atomic mass is 9.84. The molecular weight excluding hydrogens is 378 g/mol. The Kier molecular flexibility index (Phi) is 6.84. The highest BCUT2D eigenvalue weighted by Crippen LogP contribution is 2.38. The van der Waals surface area contributed by atoms with E-state index in [0.29, 0.717) is 37.7 Å². The third-order valence-corrected chi connectivity index (χ3v) is 5.67. The maximum atomic E-state index is 12.4. The van der Waals surface area contributed by atoms with Crippen LogP contribution in [0.1, 0.15) is 52.0 Å². The van der Waals surface area contributed by atoms with E-state index in [0.717, 1.165) is 25.2 Å². The number of piperidine rings is 1. The van der Waals surface area contributed by atoms with Crippen molar-refractivity contribution in [2.75, 3.05) is 39.3 Å². The van der Waals surface area contributed by atoms with Crippen molar-refractivity contribution < 1.29 is 14.3 Å². The molecule has 0 aliphatic carbocycles. The molecule has 3 heterocycles. The molecule has 0 atom stereocenters. The lowest BCUT2D eigenvalue weighted by Gasteiger charge is -2.42. The van der Waals surface area contributed by atoms with Crippen molar-refractivity contribution in [3.8, 4) is 0 Å². The summed E-state index contributed by atoms with van der Waals surface area (Å²) in [6, 6.07) is 3.87. The first-order chi connectivity index (χ1) is 13.3. The predicted molar refractivity (Wildman–Crippen MR) is 110 cm³/mol. The van der Waals surface area contributed by atoms with Gasteiger partial charge < -0.3 is 19.3 Å². The standard InChI is InChI=1S/C21H32ClN3O3/c1-20(2,3)28-19(26)25-12-7-21(8-13-25,17-6-9-23-18(22)16-17)27-15-14-24-10-4-5-11-24/h6,9,16H,4-5,7-8,10-15H2,1-3H3. The van der Waals surface area contributed by atoms with Crippen LogP contribution in [0.15, 0.2) is 18.3 Å². The third-order valence-electron chi connectivity index (χ3n) is 5.46. The molecule has 156 valence electrons. The summed E-state index contributed by atoms with van der Waals surface area (Å²) in [7, 11) is 0. The molecule has 0 unspecified atom stereocenters. The molecular formula is C21H32ClN3O3. The molecule has 0 aromatic carbocycles. The zero-order valence-electron chi connectivity index (χ0n) is 17.2. The molecule has 2 saturated heterocycles. The Bertz CT molecular complexity index is 663. The Morgan fingerprint density at radius 3 is 2.50 bits per heavy atom. The molecule has 1 amide bonds. The number of carbonyl (C=O) groups is 1. The van der Waals surface area contributed by atoms with Crippen molar-refractivity contribution in [1.29, 1.82) is 0 Å². The molecule has 1 aromatic rings. The first-order valence-electron chi connectivity index (χ1n) is 10.2. The highest BCUT2D eigenvalue weighted by Gasteiger charge is 2.39. The van der Waals surface area contributed by atoms with Crippen LogP contribution in [0, 0.1) is 0 Å². The van der Waals surface area contributed by atoms with Crippen LogP contribution in [0.2, 0.25) is 5.15 Å². The second-order valence-electron chi connectivity index (χ2n) is 8.73. The Morgan fingerprint density at radius 2 is 1.89 bits per heavy atom. The van der Waals surface area contributed by atoms with Gasteiger partial charge in [-0.1, -0.05) is 11.6 Å². The fraction of sp³-hybridized carbons (Fsp3) is 0.714. The minimum absolute atomic E-state index is 0.258. The molecule has 2 aliphatic heterocycles. The molecule has 0 saturated carbocycles. The topological polar surface area (TPSA) is 54.9 Å². The molecule has 0 radical (unpaired) electrons. The second-order valence-corrected chi connectivity index (χ2v) is 9.11. The smallest absolute Gasteiger partial charge is 0.410 e. The van der Waals surface area contributed by atoms with Crippen molar-refractivity contribution in [3.05, 3.63) is 29.0 Å². The number of rotatable bonds is 5. The summed E-state index contributed by atoms with van der Waals surface area (Å²) in [4.78, 5) is 20.8. The zero-order chi connectivity index (χ0) is 20.2. The molecule has 2 fully saturated rings. The van der Waals surface area contributed by atoms with Crippen molar-refractivity contribution >= 4 is 17.7 Å². The quantitative estimate of drug-likeness (QED) is 0.686. The number of aromatic nitrogens is 1. The monoisotopic (exact) mass is 409 g/mol. The van der Waals surface area contributed by atoms with Crippen molar-refractivity contribution in [2.24, 2.45) is 0 Å². The van der Waals surface area contributed by atoms with Crippen LogP contribution in [0.4, 0.5) is 4.79 Å². The van der Waals surface area contributed by atoms with Crippen LogP contribution in [0.25, 0.3) is 0 Å². The number of amides is 1. The lowest BCUT2D eigenvalue weighted by Crippen LogP contribution is -2.48. The molecule has 2 aliphatic rings. The summed E-state index contributed by atoms with van der Waals surface area (Å²) in [5.41, 5.74) is 0.110. The third kappa shape index (κ3) is 5.58.